The SMILES string of the molecule is CC(C)c1ccc(-c2csc(NC(=O)/C=C/c3cccc([N+](=O)[O-])c3)n2)cc1. The van der Waals surface area contributed by atoms with Crippen LogP contribution in [0, 0.1) is 10.1 Å². The zero-order valence-electron chi connectivity index (χ0n) is 15.5. The lowest BCUT2D eigenvalue weighted by Crippen LogP contribution is -2.07. The van der Waals surface area contributed by atoms with Crippen molar-refractivity contribution in [2.24, 2.45) is 0 Å². The van der Waals surface area contributed by atoms with E-state index in [1.165, 1.54) is 41.2 Å². The molecule has 0 aliphatic rings. The molecular formula is C21H19N3O3S. The smallest absolute Gasteiger partial charge is 0.270 e. The number of anilines is 1. The van der Waals surface area contributed by atoms with Crippen molar-refractivity contribution in [2.75, 3.05) is 5.32 Å². The second-order valence-electron chi connectivity index (χ2n) is 6.49. The molecule has 1 aromatic heterocycles. The van der Waals surface area contributed by atoms with Gasteiger partial charge in [-0.2, -0.15) is 0 Å². The van der Waals surface area contributed by atoms with Crippen LogP contribution >= 0.6 is 11.3 Å². The van der Waals surface area contributed by atoms with Crippen LogP contribution in [-0.2, 0) is 4.79 Å². The van der Waals surface area contributed by atoms with Crippen molar-refractivity contribution in [2.45, 2.75) is 19.8 Å². The Morgan fingerprint density at radius 2 is 1.96 bits per heavy atom. The highest BCUT2D eigenvalue weighted by atomic mass is 32.1. The molecule has 142 valence electrons. The molecule has 0 spiro atoms. The molecule has 6 nitrogen and oxygen atoms in total. The molecule has 0 aliphatic heterocycles. The summed E-state index contributed by atoms with van der Waals surface area (Å²) >= 11 is 1.34. The van der Waals surface area contributed by atoms with Gasteiger partial charge in [-0.1, -0.05) is 50.2 Å². The number of benzene rings is 2. The van der Waals surface area contributed by atoms with Crippen LogP contribution in [0.4, 0.5) is 10.8 Å². The van der Waals surface area contributed by atoms with Crippen LogP contribution in [0.15, 0.2) is 60.0 Å². The quantitative estimate of drug-likeness (QED) is 0.341. The van der Waals surface area contributed by atoms with Crippen LogP contribution in [-0.4, -0.2) is 15.8 Å². The molecule has 0 unspecified atom stereocenters. The van der Waals surface area contributed by atoms with Gasteiger partial charge in [0, 0.05) is 29.2 Å². The highest BCUT2D eigenvalue weighted by Gasteiger charge is 2.08. The maximum Gasteiger partial charge on any atom is 0.270 e. The zero-order chi connectivity index (χ0) is 20.1. The molecular weight excluding hydrogens is 374 g/mol. The number of nitro benzene ring substituents is 1. The topological polar surface area (TPSA) is 85.1 Å². The van der Waals surface area contributed by atoms with Gasteiger partial charge in [-0.05, 0) is 23.1 Å². The van der Waals surface area contributed by atoms with Gasteiger partial charge in [0.1, 0.15) is 0 Å². The van der Waals surface area contributed by atoms with E-state index in [0.717, 1.165) is 11.3 Å². The average molecular weight is 393 g/mol. The maximum atomic E-state index is 12.1. The largest absolute Gasteiger partial charge is 0.298 e. The molecule has 0 fully saturated rings. The molecule has 2 aromatic carbocycles. The number of carbonyl (C=O) groups is 1. The molecule has 7 heteroatoms. The fourth-order valence-electron chi connectivity index (χ4n) is 2.56. The van der Waals surface area contributed by atoms with Crippen molar-refractivity contribution in [3.8, 4) is 11.3 Å². The molecule has 0 bridgehead atoms. The highest BCUT2D eigenvalue weighted by Crippen LogP contribution is 2.26. The molecule has 1 N–H and O–H groups in total. The molecule has 0 aliphatic carbocycles. The lowest BCUT2D eigenvalue weighted by atomic mass is 10.0. The number of rotatable bonds is 6. The number of hydrogen-bond donors (Lipinski definition) is 1. The Hall–Kier alpha value is -3.32. The molecule has 1 heterocycles. The van der Waals surface area contributed by atoms with Crippen molar-refractivity contribution in [1.82, 2.24) is 4.98 Å². The Balaban J connectivity index is 1.65. The second-order valence-corrected chi connectivity index (χ2v) is 7.35. The molecule has 1 amide bonds. The summed E-state index contributed by atoms with van der Waals surface area (Å²) in [6.45, 7) is 4.29. The lowest BCUT2D eigenvalue weighted by Gasteiger charge is -2.05. The van der Waals surface area contributed by atoms with E-state index in [2.05, 4.69) is 36.3 Å². The summed E-state index contributed by atoms with van der Waals surface area (Å²) in [7, 11) is 0. The summed E-state index contributed by atoms with van der Waals surface area (Å²) in [5.41, 5.74) is 3.62. The summed E-state index contributed by atoms with van der Waals surface area (Å²) in [5, 5.41) is 15.9. The summed E-state index contributed by atoms with van der Waals surface area (Å²) in [4.78, 5) is 26.9. The molecule has 0 saturated heterocycles. The fraction of sp³-hybridized carbons (Fsp3) is 0.143. The van der Waals surface area contributed by atoms with Crippen LogP contribution in [0.1, 0.15) is 30.9 Å². The van der Waals surface area contributed by atoms with Gasteiger partial charge in [-0.15, -0.1) is 11.3 Å². The summed E-state index contributed by atoms with van der Waals surface area (Å²) in [6, 6.07) is 14.3. The first-order valence-corrected chi connectivity index (χ1v) is 9.60. The van der Waals surface area contributed by atoms with Gasteiger partial charge in [-0.3, -0.25) is 20.2 Å². The van der Waals surface area contributed by atoms with Gasteiger partial charge in [0.05, 0.1) is 10.6 Å². The number of nitrogens with zero attached hydrogens (tertiary/aromatic N) is 2. The maximum absolute atomic E-state index is 12.1. The van der Waals surface area contributed by atoms with Gasteiger partial charge >= 0.3 is 0 Å². The van der Waals surface area contributed by atoms with Crippen molar-refractivity contribution >= 4 is 34.1 Å². The van der Waals surface area contributed by atoms with E-state index >= 15 is 0 Å². The Morgan fingerprint density at radius 3 is 2.64 bits per heavy atom. The number of non-ortho nitro benzene ring substituents is 1. The summed E-state index contributed by atoms with van der Waals surface area (Å²) in [5.74, 6) is 0.125. The van der Waals surface area contributed by atoms with Gasteiger partial charge in [0.2, 0.25) is 5.91 Å². The van der Waals surface area contributed by atoms with Crippen LogP contribution < -0.4 is 5.32 Å². The number of carbonyl (C=O) groups excluding carboxylic acids is 1. The van der Waals surface area contributed by atoms with Crippen LogP contribution in [0.3, 0.4) is 0 Å². The summed E-state index contributed by atoms with van der Waals surface area (Å²) in [6.07, 6.45) is 2.86. The van der Waals surface area contributed by atoms with Crippen LogP contribution in [0.2, 0.25) is 0 Å². The monoisotopic (exact) mass is 393 g/mol. The number of nitrogens with one attached hydrogen (secondary N) is 1. The molecule has 0 saturated carbocycles. The first-order valence-electron chi connectivity index (χ1n) is 8.72. The third-order valence-corrected chi connectivity index (χ3v) is 4.87. The average Bonchev–Trinajstić information content (AvgIpc) is 3.15. The first-order chi connectivity index (χ1) is 13.4. The lowest BCUT2D eigenvalue weighted by molar-refractivity contribution is -0.384. The van der Waals surface area contributed by atoms with Crippen LogP contribution in [0.5, 0.6) is 0 Å². The standard InChI is InChI=1S/C21H19N3O3S/c1-14(2)16-7-9-17(10-8-16)19-13-28-21(22-19)23-20(25)11-6-15-4-3-5-18(12-15)24(26)27/h3-14H,1-2H3,(H,22,23,25)/b11-6+. The number of hydrogen-bond acceptors (Lipinski definition) is 5. The minimum absolute atomic E-state index is 0.0180. The number of thiazole rings is 1. The first kappa shape index (κ1) is 19.4. The van der Waals surface area contributed by atoms with E-state index in [9.17, 15) is 14.9 Å². The van der Waals surface area contributed by atoms with E-state index < -0.39 is 4.92 Å². The molecule has 0 atom stereocenters. The van der Waals surface area contributed by atoms with Gasteiger partial charge in [0.25, 0.3) is 5.69 Å². The van der Waals surface area contributed by atoms with Gasteiger partial charge < -0.3 is 0 Å². The van der Waals surface area contributed by atoms with Crippen molar-refractivity contribution in [3.63, 3.8) is 0 Å². The summed E-state index contributed by atoms with van der Waals surface area (Å²) < 4.78 is 0. The van der Waals surface area contributed by atoms with Crippen molar-refractivity contribution in [1.29, 1.82) is 0 Å². The highest BCUT2D eigenvalue weighted by molar-refractivity contribution is 7.14. The minimum Gasteiger partial charge on any atom is -0.298 e. The molecule has 28 heavy (non-hydrogen) atoms. The molecule has 3 rings (SSSR count). The van der Waals surface area contributed by atoms with Crippen molar-refractivity contribution in [3.05, 3.63) is 81.2 Å². The fourth-order valence-corrected chi connectivity index (χ4v) is 3.29. The third-order valence-electron chi connectivity index (χ3n) is 4.12. The van der Waals surface area contributed by atoms with Gasteiger partial charge in [-0.25, -0.2) is 4.98 Å². The molecule has 3 aromatic rings. The van der Waals surface area contributed by atoms with Crippen LogP contribution in [0.25, 0.3) is 17.3 Å². The van der Waals surface area contributed by atoms with E-state index in [0.29, 0.717) is 16.6 Å². The Morgan fingerprint density at radius 1 is 1.21 bits per heavy atom. The predicted molar refractivity (Wildman–Crippen MR) is 112 cm³/mol. The molecule has 0 radical (unpaired) electrons. The Bertz CT molecular complexity index is 1020. The van der Waals surface area contributed by atoms with E-state index in [1.807, 2.05) is 17.5 Å². The zero-order valence-corrected chi connectivity index (χ0v) is 16.3. The number of aromatic nitrogens is 1. The minimum atomic E-state index is -0.470. The predicted octanol–water partition coefficient (Wildman–Crippen LogP) is 5.49. The van der Waals surface area contributed by atoms with Crippen molar-refractivity contribution < 1.29 is 9.72 Å². The third kappa shape index (κ3) is 4.89. The number of nitro groups is 1. The van der Waals surface area contributed by atoms with Gasteiger partial charge in [0.15, 0.2) is 5.13 Å². The van der Waals surface area contributed by atoms with E-state index in [4.69, 9.17) is 0 Å². The van der Waals surface area contributed by atoms with E-state index in [1.54, 1.807) is 12.1 Å². The van der Waals surface area contributed by atoms with E-state index in [-0.39, 0.29) is 11.6 Å². The Kier molecular flexibility index (Phi) is 5.96. The Labute approximate surface area is 166 Å². The second kappa shape index (κ2) is 8.58. The number of amides is 1. The normalized spacial score (nSPS) is 11.1.